The molecule has 3 unspecified atom stereocenters. The molecule has 0 spiro atoms. The summed E-state index contributed by atoms with van der Waals surface area (Å²) in [7, 11) is -8.27. The van der Waals surface area contributed by atoms with Crippen molar-refractivity contribution in [1.82, 2.24) is 4.13 Å². The minimum atomic E-state index is -4.37. The molecule has 138 valence electrons. The average Bonchev–Trinajstić information content (AvgIpc) is 3.13. The topological polar surface area (TPSA) is 111 Å². The maximum absolute atomic E-state index is 12.1. The van der Waals surface area contributed by atoms with Gasteiger partial charge in [-0.15, -0.1) is 0 Å². The molecular formula is C14H23NO7S2. The van der Waals surface area contributed by atoms with E-state index in [-0.39, 0.29) is 11.7 Å². The summed E-state index contributed by atoms with van der Waals surface area (Å²) in [6, 6.07) is 0. The number of sulfonamides is 1. The van der Waals surface area contributed by atoms with Gasteiger partial charge in [-0.25, -0.2) is 8.42 Å². The zero-order valence-corrected chi connectivity index (χ0v) is 15.2. The molecule has 3 atom stereocenters. The Morgan fingerprint density at radius 2 is 1.67 bits per heavy atom. The molecule has 1 heterocycles. The van der Waals surface area contributed by atoms with Crippen LogP contribution < -0.4 is 4.13 Å². The standard InChI is InChI=1S/C14H23NO7S2/c1-23(16,17)15-24(18,19)22-14-5-10-2-11(6-14)4-13(3-10,9-14)21-8-12-7-20-12/h10-12,15H,2-9H2,1H3. The lowest BCUT2D eigenvalue weighted by Crippen LogP contribution is -2.62. The van der Waals surface area contributed by atoms with E-state index in [4.69, 9.17) is 13.7 Å². The van der Waals surface area contributed by atoms with Gasteiger partial charge in [0.15, 0.2) is 0 Å². The first-order valence-corrected chi connectivity index (χ1v) is 11.6. The maximum Gasteiger partial charge on any atom is 0.349 e. The van der Waals surface area contributed by atoms with E-state index in [1.165, 1.54) is 0 Å². The van der Waals surface area contributed by atoms with E-state index in [2.05, 4.69) is 0 Å². The van der Waals surface area contributed by atoms with Crippen molar-refractivity contribution >= 4 is 20.3 Å². The second-order valence-corrected chi connectivity index (χ2v) is 11.3. The van der Waals surface area contributed by atoms with Gasteiger partial charge in [-0.2, -0.15) is 8.42 Å². The van der Waals surface area contributed by atoms with E-state index in [9.17, 15) is 16.8 Å². The Hall–Kier alpha value is -0.260. The molecule has 1 saturated heterocycles. The van der Waals surface area contributed by atoms with Gasteiger partial charge >= 0.3 is 10.3 Å². The van der Waals surface area contributed by atoms with Gasteiger partial charge in [0.25, 0.3) is 0 Å². The second kappa shape index (κ2) is 5.37. The van der Waals surface area contributed by atoms with Gasteiger partial charge in [0, 0.05) is 6.42 Å². The summed E-state index contributed by atoms with van der Waals surface area (Å²) in [5.41, 5.74) is -1.22. The minimum absolute atomic E-state index is 0.158. The van der Waals surface area contributed by atoms with Crippen LogP contribution >= 0.6 is 0 Å². The van der Waals surface area contributed by atoms with Crippen LogP contribution in [0.15, 0.2) is 0 Å². The lowest BCUT2D eigenvalue weighted by atomic mass is 9.52. The van der Waals surface area contributed by atoms with Crippen LogP contribution in [0.5, 0.6) is 0 Å². The largest absolute Gasteiger partial charge is 0.372 e. The molecule has 5 rings (SSSR count). The van der Waals surface area contributed by atoms with Gasteiger partial charge in [-0.1, -0.05) is 4.13 Å². The van der Waals surface area contributed by atoms with Crippen molar-refractivity contribution in [2.75, 3.05) is 19.5 Å². The predicted molar refractivity (Wildman–Crippen MR) is 83.8 cm³/mol. The Labute approximate surface area is 142 Å². The molecule has 24 heavy (non-hydrogen) atoms. The number of hydrogen-bond acceptors (Lipinski definition) is 7. The van der Waals surface area contributed by atoms with E-state index in [0.29, 0.717) is 37.7 Å². The molecule has 4 bridgehead atoms. The van der Waals surface area contributed by atoms with E-state index in [1.54, 1.807) is 4.13 Å². The van der Waals surface area contributed by atoms with Crippen LogP contribution in [0.25, 0.3) is 0 Å². The van der Waals surface area contributed by atoms with Crippen molar-refractivity contribution in [3.8, 4) is 0 Å². The SMILES string of the molecule is CS(=O)(=O)NS(=O)(=O)OC12CC3CC(CC(OCC4CO4)(C3)C1)C2. The summed E-state index contributed by atoms with van der Waals surface area (Å²) >= 11 is 0. The third kappa shape index (κ3) is 3.63. The van der Waals surface area contributed by atoms with Crippen LogP contribution in [0.4, 0.5) is 0 Å². The highest BCUT2D eigenvalue weighted by Crippen LogP contribution is 2.60. The first kappa shape index (κ1) is 17.2. The number of nitrogens with one attached hydrogen (secondary N) is 1. The molecule has 0 radical (unpaired) electrons. The lowest BCUT2D eigenvalue weighted by Gasteiger charge is -2.60. The molecule has 0 aromatic heterocycles. The maximum atomic E-state index is 12.1. The Bertz CT molecular complexity index is 714. The fourth-order valence-corrected chi connectivity index (χ4v) is 7.51. The minimum Gasteiger partial charge on any atom is -0.372 e. The third-order valence-electron chi connectivity index (χ3n) is 5.47. The van der Waals surface area contributed by atoms with Gasteiger partial charge in [-0.05, 0) is 43.9 Å². The molecule has 4 saturated carbocycles. The smallest absolute Gasteiger partial charge is 0.349 e. The Morgan fingerprint density at radius 3 is 2.21 bits per heavy atom. The second-order valence-electron chi connectivity index (χ2n) is 7.99. The summed E-state index contributed by atoms with van der Waals surface area (Å²) in [5.74, 6) is 0.722. The number of ether oxygens (including phenoxy) is 2. The van der Waals surface area contributed by atoms with Crippen LogP contribution in [0.2, 0.25) is 0 Å². The quantitative estimate of drug-likeness (QED) is 0.632. The van der Waals surface area contributed by atoms with Crippen LogP contribution in [0.3, 0.4) is 0 Å². The molecule has 4 aliphatic carbocycles. The zero-order chi connectivity index (χ0) is 17.2. The van der Waals surface area contributed by atoms with Crippen LogP contribution in [0.1, 0.15) is 38.5 Å². The molecule has 5 aliphatic rings. The highest BCUT2D eigenvalue weighted by molar-refractivity contribution is 8.02. The highest BCUT2D eigenvalue weighted by atomic mass is 32.3. The Kier molecular flexibility index (Phi) is 3.84. The summed E-state index contributed by atoms with van der Waals surface area (Å²) in [5, 5.41) is 0. The number of hydrogen-bond donors (Lipinski definition) is 1. The summed E-state index contributed by atoms with van der Waals surface area (Å²) in [4.78, 5) is 0. The predicted octanol–water partition coefficient (Wildman–Crippen LogP) is 0.304. The van der Waals surface area contributed by atoms with Gasteiger partial charge in [0.2, 0.25) is 10.0 Å². The molecule has 1 aliphatic heterocycles. The Morgan fingerprint density at radius 1 is 1.08 bits per heavy atom. The van der Waals surface area contributed by atoms with E-state index in [1.807, 2.05) is 0 Å². The van der Waals surface area contributed by atoms with Crippen molar-refractivity contribution < 1.29 is 30.5 Å². The molecule has 10 heteroatoms. The molecule has 0 amide bonds. The van der Waals surface area contributed by atoms with Crippen LogP contribution in [-0.4, -0.2) is 53.6 Å². The fraction of sp³-hybridized carbons (Fsp3) is 1.00. The first-order chi connectivity index (χ1) is 11.1. The Balaban J connectivity index is 1.54. The molecule has 8 nitrogen and oxygen atoms in total. The molecule has 0 aromatic carbocycles. The highest BCUT2D eigenvalue weighted by Gasteiger charge is 2.61. The zero-order valence-electron chi connectivity index (χ0n) is 13.6. The van der Waals surface area contributed by atoms with Gasteiger partial charge < -0.3 is 9.47 Å². The first-order valence-electron chi connectivity index (χ1n) is 8.26. The monoisotopic (exact) mass is 381 g/mol. The molecule has 5 fully saturated rings. The molecule has 0 aromatic rings. The summed E-state index contributed by atoms with van der Waals surface area (Å²) in [6.07, 6.45) is 5.62. The summed E-state index contributed by atoms with van der Waals surface area (Å²) in [6.45, 7) is 1.25. The fourth-order valence-electron chi connectivity index (χ4n) is 5.23. The average molecular weight is 381 g/mol. The lowest BCUT2D eigenvalue weighted by molar-refractivity contribution is -0.211. The van der Waals surface area contributed by atoms with Gasteiger partial charge in [0.1, 0.15) is 6.10 Å². The molecule has 1 N–H and O–H groups in total. The normalized spacial score (nSPS) is 44.0. The summed E-state index contributed by atoms with van der Waals surface area (Å²) < 4.78 is 65.2. The number of epoxide rings is 1. The van der Waals surface area contributed by atoms with Crippen molar-refractivity contribution in [3.63, 3.8) is 0 Å². The third-order valence-corrected chi connectivity index (χ3v) is 8.07. The van der Waals surface area contributed by atoms with E-state index < -0.39 is 25.9 Å². The van der Waals surface area contributed by atoms with Gasteiger partial charge in [-0.3, -0.25) is 4.18 Å². The van der Waals surface area contributed by atoms with Crippen molar-refractivity contribution in [2.45, 2.75) is 55.8 Å². The van der Waals surface area contributed by atoms with E-state index in [0.717, 1.165) is 32.1 Å². The van der Waals surface area contributed by atoms with Gasteiger partial charge in [0.05, 0.1) is 30.7 Å². The van der Waals surface area contributed by atoms with Crippen LogP contribution in [0, 0.1) is 11.8 Å². The van der Waals surface area contributed by atoms with Crippen LogP contribution in [-0.2, 0) is 34.0 Å². The molecular weight excluding hydrogens is 358 g/mol. The van der Waals surface area contributed by atoms with Crippen molar-refractivity contribution in [3.05, 3.63) is 0 Å². The van der Waals surface area contributed by atoms with Crippen molar-refractivity contribution in [1.29, 1.82) is 0 Å². The van der Waals surface area contributed by atoms with E-state index >= 15 is 0 Å². The van der Waals surface area contributed by atoms with Crippen molar-refractivity contribution in [2.24, 2.45) is 11.8 Å². The number of rotatable bonds is 7.